The molecule has 1 rings (SSSR count). The fourth-order valence-corrected chi connectivity index (χ4v) is 1.60. The molecular formula is C16H18O5. The van der Waals surface area contributed by atoms with Crippen LogP contribution in [0.3, 0.4) is 0 Å². The van der Waals surface area contributed by atoms with Gasteiger partial charge in [0.2, 0.25) is 0 Å². The highest BCUT2D eigenvalue weighted by atomic mass is 16.5. The van der Waals surface area contributed by atoms with Gasteiger partial charge >= 0.3 is 11.9 Å². The quantitative estimate of drug-likeness (QED) is 0.478. The highest BCUT2D eigenvalue weighted by molar-refractivity contribution is 5.85. The highest BCUT2D eigenvalue weighted by Crippen LogP contribution is 2.20. The van der Waals surface area contributed by atoms with E-state index in [-0.39, 0.29) is 18.3 Å². The number of rotatable bonds is 6. The minimum Gasteiger partial charge on any atom is -0.508 e. The van der Waals surface area contributed by atoms with E-state index >= 15 is 0 Å². The molecule has 1 aromatic carbocycles. The van der Waals surface area contributed by atoms with Gasteiger partial charge in [0, 0.05) is 13.0 Å². The molecule has 0 aliphatic rings. The van der Waals surface area contributed by atoms with E-state index in [9.17, 15) is 14.7 Å². The van der Waals surface area contributed by atoms with Gasteiger partial charge in [-0.2, -0.15) is 0 Å². The average molecular weight is 290 g/mol. The Hall–Kier alpha value is -2.56. The third kappa shape index (κ3) is 6.42. The fourth-order valence-electron chi connectivity index (χ4n) is 1.60. The van der Waals surface area contributed by atoms with Crippen molar-refractivity contribution in [3.63, 3.8) is 0 Å². The average Bonchev–Trinajstić information content (AvgIpc) is 2.42. The Bertz CT molecular complexity index is 584. The number of aliphatic carboxylic acids is 1. The number of benzene rings is 1. The van der Waals surface area contributed by atoms with Crippen LogP contribution in [-0.4, -0.2) is 28.8 Å². The molecule has 0 fully saturated rings. The van der Waals surface area contributed by atoms with Crippen LogP contribution in [0.1, 0.15) is 25.0 Å². The monoisotopic (exact) mass is 290 g/mol. The van der Waals surface area contributed by atoms with Crippen molar-refractivity contribution in [2.24, 2.45) is 0 Å². The van der Waals surface area contributed by atoms with Crippen molar-refractivity contribution < 1.29 is 24.5 Å². The SMILES string of the molecule is CC(=O)OC/C(C)=C/Cc1cc(/C=C\C(=O)O)ccc1O. The zero-order valence-electron chi connectivity index (χ0n) is 12.0. The summed E-state index contributed by atoms with van der Waals surface area (Å²) in [4.78, 5) is 21.2. The minimum atomic E-state index is -1.03. The molecule has 0 radical (unpaired) electrons. The molecule has 0 aromatic heterocycles. The third-order valence-electron chi connectivity index (χ3n) is 2.70. The molecular weight excluding hydrogens is 272 g/mol. The van der Waals surface area contributed by atoms with Crippen LogP contribution in [0.15, 0.2) is 35.9 Å². The van der Waals surface area contributed by atoms with Gasteiger partial charge in [0.15, 0.2) is 0 Å². The van der Waals surface area contributed by atoms with Gasteiger partial charge in [-0.25, -0.2) is 4.79 Å². The fraction of sp³-hybridized carbons (Fsp3) is 0.250. The number of hydrogen-bond donors (Lipinski definition) is 2. The second-order valence-corrected chi connectivity index (χ2v) is 4.59. The summed E-state index contributed by atoms with van der Waals surface area (Å²) in [7, 11) is 0. The summed E-state index contributed by atoms with van der Waals surface area (Å²) in [6, 6.07) is 4.87. The van der Waals surface area contributed by atoms with Gasteiger partial charge in [-0.15, -0.1) is 0 Å². The van der Waals surface area contributed by atoms with Gasteiger partial charge in [0.25, 0.3) is 0 Å². The maximum atomic E-state index is 10.7. The second kappa shape index (κ2) is 7.89. The van der Waals surface area contributed by atoms with Crippen molar-refractivity contribution in [2.75, 3.05) is 6.61 Å². The maximum absolute atomic E-state index is 10.7. The molecule has 1 aromatic rings. The zero-order valence-corrected chi connectivity index (χ0v) is 12.0. The topological polar surface area (TPSA) is 83.8 Å². The first-order valence-electron chi connectivity index (χ1n) is 6.40. The molecule has 0 saturated heterocycles. The number of carbonyl (C=O) groups is 2. The molecule has 0 aliphatic heterocycles. The number of phenols is 1. The molecule has 0 atom stereocenters. The number of carboxylic acids is 1. The first-order chi connectivity index (χ1) is 9.88. The molecule has 0 heterocycles. The molecule has 2 N–H and O–H groups in total. The maximum Gasteiger partial charge on any atom is 0.328 e. The van der Waals surface area contributed by atoms with Crippen LogP contribution in [-0.2, 0) is 20.7 Å². The van der Waals surface area contributed by atoms with Crippen molar-refractivity contribution in [2.45, 2.75) is 20.3 Å². The predicted octanol–water partition coefficient (Wildman–Crippen LogP) is 2.54. The molecule has 21 heavy (non-hydrogen) atoms. The number of carbonyl (C=O) groups excluding carboxylic acids is 1. The number of allylic oxidation sites excluding steroid dienone is 1. The summed E-state index contributed by atoms with van der Waals surface area (Å²) in [5.41, 5.74) is 2.23. The lowest BCUT2D eigenvalue weighted by atomic mass is 10.0. The third-order valence-corrected chi connectivity index (χ3v) is 2.70. The summed E-state index contributed by atoms with van der Waals surface area (Å²) in [5, 5.41) is 18.4. The molecule has 5 heteroatoms. The molecule has 0 spiro atoms. The Labute approximate surface area is 123 Å². The molecule has 0 bridgehead atoms. The Morgan fingerprint density at radius 3 is 2.62 bits per heavy atom. The smallest absolute Gasteiger partial charge is 0.328 e. The van der Waals surface area contributed by atoms with Crippen LogP contribution in [0.2, 0.25) is 0 Å². The van der Waals surface area contributed by atoms with E-state index in [0.29, 0.717) is 17.5 Å². The lowest BCUT2D eigenvalue weighted by Crippen LogP contribution is -2.01. The number of aromatic hydroxyl groups is 1. The summed E-state index contributed by atoms with van der Waals surface area (Å²) in [6.45, 7) is 3.39. The summed E-state index contributed by atoms with van der Waals surface area (Å²) < 4.78 is 4.86. The predicted molar refractivity (Wildman–Crippen MR) is 78.9 cm³/mol. The van der Waals surface area contributed by atoms with Crippen LogP contribution in [0, 0.1) is 0 Å². The van der Waals surface area contributed by atoms with Crippen molar-refractivity contribution in [1.29, 1.82) is 0 Å². The summed E-state index contributed by atoms with van der Waals surface area (Å²) in [5.74, 6) is -1.23. The van der Waals surface area contributed by atoms with Gasteiger partial charge in [-0.1, -0.05) is 12.1 Å². The number of ether oxygens (including phenoxy) is 1. The van der Waals surface area contributed by atoms with Gasteiger partial charge in [-0.3, -0.25) is 4.79 Å². The highest BCUT2D eigenvalue weighted by Gasteiger charge is 2.02. The normalized spacial score (nSPS) is 11.6. The lowest BCUT2D eigenvalue weighted by Gasteiger charge is -2.05. The molecule has 112 valence electrons. The van der Waals surface area contributed by atoms with E-state index in [1.165, 1.54) is 19.1 Å². The van der Waals surface area contributed by atoms with Crippen LogP contribution >= 0.6 is 0 Å². The Morgan fingerprint density at radius 1 is 1.29 bits per heavy atom. The van der Waals surface area contributed by atoms with E-state index in [1.54, 1.807) is 12.1 Å². The van der Waals surface area contributed by atoms with Crippen LogP contribution in [0.5, 0.6) is 5.75 Å². The van der Waals surface area contributed by atoms with Gasteiger partial charge < -0.3 is 14.9 Å². The first kappa shape index (κ1) is 16.5. The van der Waals surface area contributed by atoms with Gasteiger partial charge in [0.05, 0.1) is 0 Å². The molecule has 0 unspecified atom stereocenters. The lowest BCUT2D eigenvalue weighted by molar-refractivity contribution is -0.140. The van der Waals surface area contributed by atoms with Crippen molar-refractivity contribution in [3.05, 3.63) is 47.1 Å². The zero-order chi connectivity index (χ0) is 15.8. The van der Waals surface area contributed by atoms with Crippen molar-refractivity contribution in [1.82, 2.24) is 0 Å². The van der Waals surface area contributed by atoms with Crippen molar-refractivity contribution >= 4 is 18.0 Å². The Balaban J connectivity index is 2.78. The minimum absolute atomic E-state index is 0.138. The molecule has 5 nitrogen and oxygen atoms in total. The van der Waals surface area contributed by atoms with Crippen LogP contribution in [0.4, 0.5) is 0 Å². The molecule has 0 saturated carbocycles. The summed E-state index contributed by atoms with van der Waals surface area (Å²) in [6.07, 6.45) is 4.81. The first-order valence-corrected chi connectivity index (χ1v) is 6.40. The Morgan fingerprint density at radius 2 is 2.00 bits per heavy atom. The van der Waals surface area contributed by atoms with Crippen LogP contribution in [0.25, 0.3) is 6.08 Å². The summed E-state index contributed by atoms with van der Waals surface area (Å²) >= 11 is 0. The number of carboxylic acid groups (broad SMARTS) is 1. The van der Waals surface area contributed by atoms with Crippen LogP contribution < -0.4 is 0 Å². The Kier molecular flexibility index (Phi) is 6.20. The largest absolute Gasteiger partial charge is 0.508 e. The molecule has 0 aliphatic carbocycles. The van der Waals surface area contributed by atoms with E-state index in [2.05, 4.69) is 0 Å². The number of phenolic OH excluding ortho intramolecular Hbond substituents is 1. The standard InChI is InChI=1S/C16H18O5/c1-11(10-21-12(2)17)3-6-14-9-13(4-7-15(14)18)5-8-16(19)20/h3-5,7-9,18H,6,10H2,1-2H3,(H,19,20)/b8-5-,11-3+. The van der Waals surface area contributed by atoms with Crippen molar-refractivity contribution in [3.8, 4) is 5.75 Å². The van der Waals surface area contributed by atoms with E-state index in [1.807, 2.05) is 13.0 Å². The second-order valence-electron chi connectivity index (χ2n) is 4.59. The van der Waals surface area contributed by atoms with E-state index in [0.717, 1.165) is 11.6 Å². The van der Waals surface area contributed by atoms with E-state index < -0.39 is 5.97 Å². The number of hydrogen-bond acceptors (Lipinski definition) is 4. The number of esters is 1. The van der Waals surface area contributed by atoms with E-state index in [4.69, 9.17) is 9.84 Å². The molecule has 0 amide bonds. The van der Waals surface area contributed by atoms with Gasteiger partial charge in [0.1, 0.15) is 12.4 Å². The van der Waals surface area contributed by atoms with Gasteiger partial charge in [-0.05, 0) is 48.3 Å².